The van der Waals surface area contributed by atoms with Gasteiger partial charge in [-0.05, 0) is 50.8 Å². The summed E-state index contributed by atoms with van der Waals surface area (Å²) in [6, 6.07) is 7.62. The predicted molar refractivity (Wildman–Crippen MR) is 85.7 cm³/mol. The molecule has 0 bridgehead atoms. The lowest BCUT2D eigenvalue weighted by Gasteiger charge is -2.21. The largest absolute Gasteiger partial charge is 0.459 e. The van der Waals surface area contributed by atoms with Gasteiger partial charge in [0.2, 0.25) is 5.91 Å². The number of carbonyl (C=O) groups is 2. The first-order chi connectivity index (χ1) is 10.5. The SMILES string of the molecule is CCCN(C(=O)Cc1cccc(C(=O)OC(C)C)c1)C1CC1. The van der Waals surface area contributed by atoms with Crippen molar-refractivity contribution >= 4 is 11.9 Å². The van der Waals surface area contributed by atoms with Crippen molar-refractivity contribution in [2.45, 2.75) is 58.6 Å². The minimum Gasteiger partial charge on any atom is -0.459 e. The fraction of sp³-hybridized carbons (Fsp3) is 0.556. The molecule has 0 atom stereocenters. The van der Waals surface area contributed by atoms with Crippen LogP contribution < -0.4 is 0 Å². The molecule has 0 radical (unpaired) electrons. The van der Waals surface area contributed by atoms with Crippen molar-refractivity contribution < 1.29 is 14.3 Å². The molecule has 4 nitrogen and oxygen atoms in total. The Hall–Kier alpha value is -1.84. The van der Waals surface area contributed by atoms with Gasteiger partial charge in [-0.2, -0.15) is 0 Å². The molecule has 1 amide bonds. The fourth-order valence-electron chi connectivity index (χ4n) is 2.50. The number of esters is 1. The van der Waals surface area contributed by atoms with Gasteiger partial charge in [0.15, 0.2) is 0 Å². The Kier molecular flexibility index (Phi) is 5.58. The van der Waals surface area contributed by atoms with E-state index in [9.17, 15) is 9.59 Å². The zero-order valence-corrected chi connectivity index (χ0v) is 13.7. The summed E-state index contributed by atoms with van der Waals surface area (Å²) in [7, 11) is 0. The van der Waals surface area contributed by atoms with Crippen molar-refractivity contribution in [1.82, 2.24) is 4.90 Å². The van der Waals surface area contributed by atoms with Crippen molar-refractivity contribution in [3.63, 3.8) is 0 Å². The van der Waals surface area contributed by atoms with Crippen LogP contribution in [0, 0.1) is 0 Å². The van der Waals surface area contributed by atoms with Gasteiger partial charge in [0.05, 0.1) is 18.1 Å². The summed E-state index contributed by atoms with van der Waals surface area (Å²) in [6.07, 6.45) is 3.41. The van der Waals surface area contributed by atoms with Gasteiger partial charge in [-0.3, -0.25) is 4.79 Å². The second-order valence-corrected chi connectivity index (χ2v) is 6.15. The molecule has 0 spiro atoms. The summed E-state index contributed by atoms with van der Waals surface area (Å²) in [4.78, 5) is 26.4. The van der Waals surface area contributed by atoms with E-state index in [0.29, 0.717) is 18.0 Å². The number of carbonyl (C=O) groups excluding carboxylic acids is 2. The maximum Gasteiger partial charge on any atom is 0.338 e. The first-order valence-corrected chi connectivity index (χ1v) is 8.10. The van der Waals surface area contributed by atoms with Crippen LogP contribution in [0.5, 0.6) is 0 Å². The molecule has 0 aromatic heterocycles. The van der Waals surface area contributed by atoms with E-state index in [1.807, 2.05) is 24.8 Å². The molecule has 1 saturated carbocycles. The summed E-state index contributed by atoms with van der Waals surface area (Å²) in [5.74, 6) is -0.185. The van der Waals surface area contributed by atoms with Gasteiger partial charge < -0.3 is 9.64 Å². The maximum atomic E-state index is 12.5. The lowest BCUT2D eigenvalue weighted by atomic mass is 10.1. The molecular weight excluding hydrogens is 278 g/mol. The minimum atomic E-state index is -0.336. The average molecular weight is 303 g/mol. The zero-order valence-electron chi connectivity index (χ0n) is 13.7. The lowest BCUT2D eigenvalue weighted by molar-refractivity contribution is -0.131. The highest BCUT2D eigenvalue weighted by atomic mass is 16.5. The Morgan fingerprint density at radius 2 is 2.05 bits per heavy atom. The molecule has 0 heterocycles. The third kappa shape index (κ3) is 4.58. The van der Waals surface area contributed by atoms with Crippen LogP contribution in [-0.2, 0) is 16.0 Å². The number of nitrogens with zero attached hydrogens (tertiary/aromatic N) is 1. The normalized spacial score (nSPS) is 14.0. The second-order valence-electron chi connectivity index (χ2n) is 6.15. The molecule has 4 heteroatoms. The summed E-state index contributed by atoms with van der Waals surface area (Å²) in [6.45, 7) is 6.55. The molecule has 1 aromatic carbocycles. The minimum absolute atomic E-state index is 0.146. The highest BCUT2D eigenvalue weighted by Gasteiger charge is 2.31. The van der Waals surface area contributed by atoms with E-state index in [2.05, 4.69) is 6.92 Å². The van der Waals surface area contributed by atoms with Gasteiger partial charge >= 0.3 is 5.97 Å². The Morgan fingerprint density at radius 1 is 1.32 bits per heavy atom. The summed E-state index contributed by atoms with van der Waals surface area (Å²) in [5.41, 5.74) is 1.37. The van der Waals surface area contributed by atoms with E-state index in [4.69, 9.17) is 4.74 Å². The third-order valence-corrected chi connectivity index (χ3v) is 3.63. The molecule has 2 rings (SSSR count). The number of hydrogen-bond acceptors (Lipinski definition) is 3. The first kappa shape index (κ1) is 16.5. The number of hydrogen-bond donors (Lipinski definition) is 0. The standard InChI is InChI=1S/C18H25NO3/c1-4-10-19(16-8-9-16)17(20)12-14-6-5-7-15(11-14)18(21)22-13(2)3/h5-7,11,13,16H,4,8-10,12H2,1-3H3. The van der Waals surface area contributed by atoms with Gasteiger partial charge in [-0.15, -0.1) is 0 Å². The molecule has 1 aliphatic carbocycles. The van der Waals surface area contributed by atoms with E-state index < -0.39 is 0 Å². The van der Waals surface area contributed by atoms with Crippen LogP contribution in [0.25, 0.3) is 0 Å². The molecule has 0 unspecified atom stereocenters. The van der Waals surface area contributed by atoms with Crippen molar-refractivity contribution in [3.8, 4) is 0 Å². The van der Waals surface area contributed by atoms with Crippen LogP contribution in [0.3, 0.4) is 0 Å². The molecule has 0 N–H and O–H groups in total. The average Bonchev–Trinajstić information content (AvgIpc) is 3.28. The zero-order chi connectivity index (χ0) is 16.1. The van der Waals surface area contributed by atoms with Crippen LogP contribution in [0.4, 0.5) is 0 Å². The molecule has 1 aliphatic rings. The van der Waals surface area contributed by atoms with Gasteiger partial charge in [0, 0.05) is 12.6 Å². The van der Waals surface area contributed by atoms with Crippen LogP contribution in [0.1, 0.15) is 56.0 Å². The Balaban J connectivity index is 2.03. The van der Waals surface area contributed by atoms with Crippen LogP contribution in [-0.4, -0.2) is 35.5 Å². The number of benzene rings is 1. The van der Waals surface area contributed by atoms with E-state index >= 15 is 0 Å². The molecule has 120 valence electrons. The quantitative estimate of drug-likeness (QED) is 0.727. The maximum absolute atomic E-state index is 12.5. The van der Waals surface area contributed by atoms with Crippen LogP contribution >= 0.6 is 0 Å². The third-order valence-electron chi connectivity index (χ3n) is 3.63. The van der Waals surface area contributed by atoms with Crippen LogP contribution in [0.2, 0.25) is 0 Å². The summed E-state index contributed by atoms with van der Waals surface area (Å²) < 4.78 is 5.20. The number of amides is 1. The fourth-order valence-corrected chi connectivity index (χ4v) is 2.50. The Labute approximate surface area is 132 Å². The number of rotatable bonds is 7. The van der Waals surface area contributed by atoms with E-state index in [-0.39, 0.29) is 18.0 Å². The molecule has 22 heavy (non-hydrogen) atoms. The van der Waals surface area contributed by atoms with E-state index in [0.717, 1.165) is 31.4 Å². The lowest BCUT2D eigenvalue weighted by Crippen LogP contribution is -2.34. The van der Waals surface area contributed by atoms with Crippen molar-refractivity contribution in [3.05, 3.63) is 35.4 Å². The topological polar surface area (TPSA) is 46.6 Å². The highest BCUT2D eigenvalue weighted by molar-refractivity contribution is 5.90. The molecular formula is C18H25NO3. The Morgan fingerprint density at radius 3 is 2.64 bits per heavy atom. The second kappa shape index (κ2) is 7.43. The molecule has 0 aliphatic heterocycles. The molecule has 1 fully saturated rings. The van der Waals surface area contributed by atoms with Crippen molar-refractivity contribution in [2.24, 2.45) is 0 Å². The van der Waals surface area contributed by atoms with Gasteiger partial charge in [0.25, 0.3) is 0 Å². The predicted octanol–water partition coefficient (Wildman–Crippen LogP) is 3.20. The van der Waals surface area contributed by atoms with Crippen molar-refractivity contribution in [1.29, 1.82) is 0 Å². The van der Waals surface area contributed by atoms with E-state index in [1.165, 1.54) is 0 Å². The van der Waals surface area contributed by atoms with E-state index in [1.54, 1.807) is 18.2 Å². The van der Waals surface area contributed by atoms with Gasteiger partial charge in [-0.25, -0.2) is 4.79 Å². The molecule has 0 saturated heterocycles. The number of ether oxygens (including phenoxy) is 1. The van der Waals surface area contributed by atoms with Crippen LogP contribution in [0.15, 0.2) is 24.3 Å². The Bertz CT molecular complexity index is 535. The smallest absolute Gasteiger partial charge is 0.338 e. The first-order valence-electron chi connectivity index (χ1n) is 8.10. The van der Waals surface area contributed by atoms with Gasteiger partial charge in [-0.1, -0.05) is 19.1 Å². The summed E-state index contributed by atoms with van der Waals surface area (Å²) >= 11 is 0. The van der Waals surface area contributed by atoms with Crippen molar-refractivity contribution in [2.75, 3.05) is 6.54 Å². The summed E-state index contributed by atoms with van der Waals surface area (Å²) in [5, 5.41) is 0. The molecule has 1 aromatic rings. The highest BCUT2D eigenvalue weighted by Crippen LogP contribution is 2.27. The monoisotopic (exact) mass is 303 g/mol. The van der Waals surface area contributed by atoms with Gasteiger partial charge in [0.1, 0.15) is 0 Å².